The minimum atomic E-state index is -0.710. The second kappa shape index (κ2) is 12.5. The first-order valence-corrected chi connectivity index (χ1v) is 14.9. The number of carbonyl (C=O) groups is 2. The van der Waals surface area contributed by atoms with Crippen molar-refractivity contribution in [3.05, 3.63) is 167 Å². The van der Waals surface area contributed by atoms with E-state index in [9.17, 15) is 9.59 Å². The van der Waals surface area contributed by atoms with Gasteiger partial charge in [-0.3, -0.25) is 14.6 Å². The Hall–Kier alpha value is -4.89. The number of pyridine rings is 1. The third-order valence-electron chi connectivity index (χ3n) is 8.61. The van der Waals surface area contributed by atoms with E-state index in [1.807, 2.05) is 36.5 Å². The highest BCUT2D eigenvalue weighted by Gasteiger charge is 2.38. The molecule has 0 bridgehead atoms. The van der Waals surface area contributed by atoms with Gasteiger partial charge in [-0.1, -0.05) is 109 Å². The van der Waals surface area contributed by atoms with Crippen LogP contribution in [0, 0.1) is 19.8 Å². The van der Waals surface area contributed by atoms with E-state index in [0.29, 0.717) is 0 Å². The average Bonchev–Trinajstić information content (AvgIpc) is 3.04. The molecule has 3 heteroatoms. The number of allylic oxidation sites excluding steroid dienone is 2. The SMILES string of the molecule is Cc1ccc(CC(=O)[C@H]2C(=O)CC(c3ccc(-c4ccccc4)cc3)=C[C@@H]2c2ccc(Cc3cccnc3)cc2)cc1C. The molecular weight excluding hydrogens is 526 g/mol. The van der Waals surface area contributed by atoms with E-state index in [2.05, 4.69) is 104 Å². The molecule has 3 nitrogen and oxygen atoms in total. The van der Waals surface area contributed by atoms with E-state index in [1.54, 1.807) is 6.20 Å². The van der Waals surface area contributed by atoms with Crippen LogP contribution in [0.5, 0.6) is 0 Å². The van der Waals surface area contributed by atoms with Crippen LogP contribution >= 0.6 is 0 Å². The number of rotatable bonds is 8. The van der Waals surface area contributed by atoms with Gasteiger partial charge in [0.15, 0.2) is 0 Å². The summed E-state index contributed by atoms with van der Waals surface area (Å²) in [5.41, 5.74) is 10.9. The summed E-state index contributed by atoms with van der Waals surface area (Å²) in [7, 11) is 0. The zero-order chi connectivity index (χ0) is 29.8. The quantitative estimate of drug-likeness (QED) is 0.178. The zero-order valence-electron chi connectivity index (χ0n) is 24.7. The number of aryl methyl sites for hydroxylation is 2. The first kappa shape index (κ1) is 28.2. The van der Waals surface area contributed by atoms with Crippen molar-refractivity contribution in [2.45, 2.75) is 39.0 Å². The van der Waals surface area contributed by atoms with Crippen LogP contribution in [-0.4, -0.2) is 16.6 Å². The average molecular weight is 562 g/mol. The molecule has 0 saturated carbocycles. The van der Waals surface area contributed by atoms with Gasteiger partial charge in [0.2, 0.25) is 0 Å². The van der Waals surface area contributed by atoms with E-state index < -0.39 is 5.92 Å². The number of hydrogen-bond donors (Lipinski definition) is 0. The third-order valence-corrected chi connectivity index (χ3v) is 8.61. The summed E-state index contributed by atoms with van der Waals surface area (Å²) in [6, 6.07) is 37.2. The summed E-state index contributed by atoms with van der Waals surface area (Å²) in [4.78, 5) is 31.9. The molecule has 212 valence electrons. The number of nitrogens with zero attached hydrogens (tertiary/aromatic N) is 1. The zero-order valence-corrected chi connectivity index (χ0v) is 24.7. The molecule has 1 aliphatic rings. The van der Waals surface area contributed by atoms with Crippen LogP contribution < -0.4 is 0 Å². The fourth-order valence-corrected chi connectivity index (χ4v) is 6.06. The summed E-state index contributed by atoms with van der Waals surface area (Å²) in [6.07, 6.45) is 7.11. The second-order valence-electron chi connectivity index (χ2n) is 11.6. The number of aromatic nitrogens is 1. The summed E-state index contributed by atoms with van der Waals surface area (Å²) >= 11 is 0. The first-order valence-electron chi connectivity index (χ1n) is 14.9. The molecule has 0 N–H and O–H groups in total. The monoisotopic (exact) mass is 561 g/mol. The Morgan fingerprint density at radius 2 is 1.42 bits per heavy atom. The minimum Gasteiger partial charge on any atom is -0.298 e. The van der Waals surface area contributed by atoms with Crippen LogP contribution in [0.3, 0.4) is 0 Å². The van der Waals surface area contributed by atoms with Crippen molar-refractivity contribution in [2.75, 3.05) is 0 Å². The Bertz CT molecular complexity index is 1770. The van der Waals surface area contributed by atoms with Crippen molar-refractivity contribution in [2.24, 2.45) is 5.92 Å². The van der Waals surface area contributed by atoms with Crippen molar-refractivity contribution in [3.8, 4) is 11.1 Å². The highest BCUT2D eigenvalue weighted by molar-refractivity contribution is 6.09. The number of Topliss-reactive ketones (excluding diaryl/α,β-unsaturated/α-hetero) is 2. The van der Waals surface area contributed by atoms with Gasteiger partial charge in [0.25, 0.3) is 0 Å². The summed E-state index contributed by atoms with van der Waals surface area (Å²) in [5, 5.41) is 0. The smallest absolute Gasteiger partial charge is 0.148 e. The molecule has 5 aromatic rings. The molecule has 1 aliphatic carbocycles. The Labute approximate surface area is 254 Å². The predicted molar refractivity (Wildman–Crippen MR) is 174 cm³/mol. The van der Waals surface area contributed by atoms with Crippen LogP contribution in [0.15, 0.2) is 128 Å². The number of hydrogen-bond acceptors (Lipinski definition) is 3. The Morgan fingerprint density at radius 1 is 0.721 bits per heavy atom. The lowest BCUT2D eigenvalue weighted by Crippen LogP contribution is -2.33. The molecule has 0 spiro atoms. The molecule has 6 rings (SSSR count). The first-order chi connectivity index (χ1) is 20.9. The Morgan fingerprint density at radius 3 is 2.12 bits per heavy atom. The lowest BCUT2D eigenvalue weighted by Gasteiger charge is -2.29. The fourth-order valence-electron chi connectivity index (χ4n) is 6.06. The molecule has 43 heavy (non-hydrogen) atoms. The van der Waals surface area contributed by atoms with Gasteiger partial charge in [0.1, 0.15) is 11.6 Å². The van der Waals surface area contributed by atoms with Gasteiger partial charge < -0.3 is 0 Å². The maximum Gasteiger partial charge on any atom is 0.148 e. The van der Waals surface area contributed by atoms with Gasteiger partial charge in [-0.2, -0.15) is 0 Å². The predicted octanol–water partition coefficient (Wildman–Crippen LogP) is 8.52. The lowest BCUT2D eigenvalue weighted by molar-refractivity contribution is -0.132. The van der Waals surface area contributed by atoms with Crippen molar-refractivity contribution in [1.82, 2.24) is 4.98 Å². The van der Waals surface area contributed by atoms with Crippen molar-refractivity contribution in [3.63, 3.8) is 0 Å². The molecule has 0 aliphatic heterocycles. The van der Waals surface area contributed by atoms with Gasteiger partial charge in [0.05, 0.1) is 5.92 Å². The molecule has 0 saturated heterocycles. The van der Waals surface area contributed by atoms with Crippen LogP contribution in [0.25, 0.3) is 16.7 Å². The van der Waals surface area contributed by atoms with Gasteiger partial charge >= 0.3 is 0 Å². The highest BCUT2D eigenvalue weighted by atomic mass is 16.2. The summed E-state index contributed by atoms with van der Waals surface area (Å²) in [5.74, 6) is -1.06. The van der Waals surface area contributed by atoms with Crippen LogP contribution in [0.4, 0.5) is 0 Å². The van der Waals surface area contributed by atoms with Gasteiger partial charge in [-0.25, -0.2) is 0 Å². The van der Waals surface area contributed by atoms with Gasteiger partial charge in [-0.15, -0.1) is 0 Å². The number of ketones is 2. The van der Waals surface area contributed by atoms with Gasteiger partial charge in [0, 0.05) is 31.2 Å². The summed E-state index contributed by atoms with van der Waals surface area (Å²) < 4.78 is 0. The van der Waals surface area contributed by atoms with E-state index in [4.69, 9.17) is 0 Å². The second-order valence-corrected chi connectivity index (χ2v) is 11.6. The Kier molecular flexibility index (Phi) is 8.24. The van der Waals surface area contributed by atoms with Crippen molar-refractivity contribution >= 4 is 17.1 Å². The molecule has 0 unspecified atom stereocenters. The molecule has 2 atom stereocenters. The van der Waals surface area contributed by atoms with E-state index in [0.717, 1.165) is 56.5 Å². The molecular formula is C40H35NO2. The largest absolute Gasteiger partial charge is 0.298 e. The number of benzene rings is 4. The van der Waals surface area contributed by atoms with E-state index >= 15 is 0 Å². The van der Waals surface area contributed by atoms with Crippen LogP contribution in [0.2, 0.25) is 0 Å². The van der Waals surface area contributed by atoms with Gasteiger partial charge in [-0.05, 0) is 82.0 Å². The van der Waals surface area contributed by atoms with E-state index in [1.165, 1.54) is 5.56 Å². The van der Waals surface area contributed by atoms with Crippen molar-refractivity contribution in [1.29, 1.82) is 0 Å². The normalized spacial score (nSPS) is 16.5. The standard InChI is InChI=1S/C40H35NO2/c1-27-10-11-30(21-28(27)2)23-38(42)40-37(35-14-12-29(13-15-35)22-31-7-6-20-41-26-31)24-36(25-39(40)43)34-18-16-33(17-19-34)32-8-4-3-5-9-32/h3-21,24,26,37,40H,22-23,25H2,1-2H3/t37-,40+/m1/s1. The molecule has 0 fully saturated rings. The summed E-state index contributed by atoms with van der Waals surface area (Å²) in [6.45, 7) is 4.13. The van der Waals surface area contributed by atoms with Crippen molar-refractivity contribution < 1.29 is 9.59 Å². The topological polar surface area (TPSA) is 47.0 Å². The molecule has 4 aromatic carbocycles. The third kappa shape index (κ3) is 6.47. The molecule has 0 radical (unpaired) electrons. The van der Waals surface area contributed by atoms with Crippen LogP contribution in [-0.2, 0) is 22.4 Å². The Balaban J connectivity index is 1.32. The molecule has 0 amide bonds. The molecule has 1 aromatic heterocycles. The fraction of sp³-hybridized carbons (Fsp3) is 0.175. The van der Waals surface area contributed by atoms with Crippen LogP contribution in [0.1, 0.15) is 51.3 Å². The maximum atomic E-state index is 13.9. The highest BCUT2D eigenvalue weighted by Crippen LogP contribution is 2.39. The number of carbonyl (C=O) groups excluding carboxylic acids is 2. The maximum absolute atomic E-state index is 13.9. The minimum absolute atomic E-state index is 0.0112. The molecule has 1 heterocycles. The van der Waals surface area contributed by atoms with E-state index in [-0.39, 0.29) is 30.3 Å². The lowest BCUT2D eigenvalue weighted by atomic mass is 9.72.